The molecule has 0 heterocycles. The average Bonchev–Trinajstić information content (AvgIpc) is 3.06. The van der Waals surface area contributed by atoms with E-state index in [2.05, 4.69) is 24.3 Å². The molecular formula is C24H20O3. The smallest absolute Gasteiger partial charge is 0.145 e. The third-order valence-electron chi connectivity index (χ3n) is 11.9. The molecule has 12 atom stereocenters. The van der Waals surface area contributed by atoms with Crippen molar-refractivity contribution >= 4 is 17.9 Å². The van der Waals surface area contributed by atoms with Crippen LogP contribution in [0.3, 0.4) is 0 Å². The fourth-order valence-corrected chi connectivity index (χ4v) is 12.3. The van der Waals surface area contributed by atoms with Gasteiger partial charge in [0.25, 0.3) is 0 Å². The third kappa shape index (κ3) is 0.740. The Kier molecular flexibility index (Phi) is 1.57. The van der Waals surface area contributed by atoms with E-state index in [1.165, 1.54) is 11.8 Å². The van der Waals surface area contributed by atoms with Gasteiger partial charge in [-0.2, -0.15) is 0 Å². The van der Waals surface area contributed by atoms with E-state index in [1.807, 2.05) is 6.07 Å². The van der Waals surface area contributed by atoms with E-state index in [0.717, 1.165) is 19.3 Å². The summed E-state index contributed by atoms with van der Waals surface area (Å²) < 4.78 is 0. The molecule has 0 unspecified atom stereocenters. The molecule has 10 rings (SSSR count). The predicted octanol–water partition coefficient (Wildman–Crippen LogP) is 2.43. The highest BCUT2D eigenvalue weighted by Gasteiger charge is 3.09. The minimum Gasteiger partial charge on any atom is -0.303 e. The maximum absolute atomic E-state index is 14.0. The Labute approximate surface area is 156 Å². The molecule has 134 valence electrons. The van der Waals surface area contributed by atoms with Crippen molar-refractivity contribution in [3.8, 4) is 0 Å². The fraction of sp³-hybridized carbons (Fsp3) is 0.625. The van der Waals surface area contributed by atoms with Gasteiger partial charge in [-0.05, 0) is 60.3 Å². The van der Waals surface area contributed by atoms with E-state index in [4.69, 9.17) is 0 Å². The van der Waals surface area contributed by atoms with Crippen LogP contribution in [-0.4, -0.2) is 17.9 Å². The minimum absolute atomic E-state index is 0.0252. The molecule has 3 nitrogen and oxygen atoms in total. The molecule has 9 saturated carbocycles. The van der Waals surface area contributed by atoms with Gasteiger partial charge in [0.05, 0.1) is 10.8 Å². The van der Waals surface area contributed by atoms with Gasteiger partial charge in [0, 0.05) is 22.7 Å². The zero-order valence-corrected chi connectivity index (χ0v) is 14.9. The first-order chi connectivity index (χ1) is 13.2. The summed E-state index contributed by atoms with van der Waals surface area (Å²) in [5.74, 6) is 3.13. The Morgan fingerprint density at radius 1 is 0.926 bits per heavy atom. The van der Waals surface area contributed by atoms with Crippen molar-refractivity contribution in [1.82, 2.24) is 0 Å². The SMILES string of the molecule is O=C[C@@]12[C@H]3C[C@H](C[C@@]31c1ccccc1)[C@@]13C(=O)[C@@H]4[C@H]5C[C@H]6[C@@H]4C(=O)[C@]12[C@H]6[C@H]53. The molecule has 0 aromatic heterocycles. The molecule has 0 amide bonds. The van der Waals surface area contributed by atoms with Gasteiger partial charge in [0.1, 0.15) is 17.9 Å². The molecule has 9 fully saturated rings. The number of rotatable bonds is 2. The third-order valence-corrected chi connectivity index (χ3v) is 11.9. The van der Waals surface area contributed by atoms with E-state index in [9.17, 15) is 14.4 Å². The van der Waals surface area contributed by atoms with E-state index in [-0.39, 0.29) is 23.2 Å². The molecule has 1 aromatic rings. The van der Waals surface area contributed by atoms with Gasteiger partial charge in [0.15, 0.2) is 0 Å². The van der Waals surface area contributed by atoms with Crippen LogP contribution >= 0.6 is 0 Å². The van der Waals surface area contributed by atoms with Gasteiger partial charge in [-0.1, -0.05) is 30.3 Å². The first-order valence-electron chi connectivity index (χ1n) is 10.8. The number of ketones is 2. The van der Waals surface area contributed by atoms with Crippen LogP contribution in [-0.2, 0) is 19.8 Å². The second-order valence-corrected chi connectivity index (χ2v) is 11.1. The highest BCUT2D eigenvalue weighted by molar-refractivity contribution is 6.15. The summed E-state index contributed by atoms with van der Waals surface area (Å²) in [6.45, 7) is 0. The largest absolute Gasteiger partial charge is 0.303 e. The summed E-state index contributed by atoms with van der Waals surface area (Å²) >= 11 is 0. The number of Topliss-reactive ketones (excluding diaryl/α,β-unsaturated/α-hetero) is 2. The quantitative estimate of drug-likeness (QED) is 0.765. The summed E-state index contributed by atoms with van der Waals surface area (Å²) in [6, 6.07) is 10.5. The Balaban J connectivity index is 1.42. The Morgan fingerprint density at radius 2 is 1.67 bits per heavy atom. The topological polar surface area (TPSA) is 51.2 Å². The van der Waals surface area contributed by atoms with Gasteiger partial charge < -0.3 is 4.79 Å². The lowest BCUT2D eigenvalue weighted by Crippen LogP contribution is -2.78. The highest BCUT2D eigenvalue weighted by Crippen LogP contribution is 3.05. The number of hydrogen-bond donors (Lipinski definition) is 0. The second kappa shape index (κ2) is 3.17. The van der Waals surface area contributed by atoms with E-state index in [0.29, 0.717) is 41.2 Å². The molecule has 3 heteroatoms. The number of carbonyl (C=O) groups excluding carboxylic acids is 3. The molecule has 6 bridgehead atoms. The summed E-state index contributed by atoms with van der Waals surface area (Å²) in [6.07, 6.45) is 4.25. The fourth-order valence-electron chi connectivity index (χ4n) is 12.3. The van der Waals surface area contributed by atoms with Gasteiger partial charge in [-0.25, -0.2) is 0 Å². The lowest BCUT2D eigenvalue weighted by Gasteiger charge is -2.72. The number of aldehydes is 1. The van der Waals surface area contributed by atoms with Crippen molar-refractivity contribution in [2.24, 2.45) is 63.6 Å². The normalized spacial score (nSPS) is 68.4. The predicted molar refractivity (Wildman–Crippen MR) is 93.3 cm³/mol. The molecule has 9 aliphatic rings. The lowest BCUT2D eigenvalue weighted by atomic mass is 9.27. The number of carbonyl (C=O) groups is 3. The van der Waals surface area contributed by atoms with Crippen molar-refractivity contribution in [2.45, 2.75) is 24.7 Å². The summed E-state index contributed by atoms with van der Waals surface area (Å²) in [5, 5.41) is 0. The number of fused-ring (bicyclic) bond motifs is 1. The van der Waals surface area contributed by atoms with Crippen molar-refractivity contribution < 1.29 is 14.4 Å². The second-order valence-electron chi connectivity index (χ2n) is 11.1. The summed E-state index contributed by atoms with van der Waals surface area (Å²) in [5.41, 5.74) is -0.538. The van der Waals surface area contributed by atoms with Crippen LogP contribution in [0.4, 0.5) is 0 Å². The van der Waals surface area contributed by atoms with E-state index < -0.39 is 16.2 Å². The molecule has 1 aromatic carbocycles. The molecule has 0 saturated heterocycles. The first kappa shape index (κ1) is 13.4. The van der Waals surface area contributed by atoms with Crippen molar-refractivity contribution in [3.63, 3.8) is 0 Å². The molecular weight excluding hydrogens is 336 g/mol. The molecule has 0 aliphatic heterocycles. The van der Waals surface area contributed by atoms with Crippen LogP contribution in [0.5, 0.6) is 0 Å². The monoisotopic (exact) mass is 356 g/mol. The van der Waals surface area contributed by atoms with Crippen molar-refractivity contribution in [3.05, 3.63) is 35.9 Å². The van der Waals surface area contributed by atoms with Crippen molar-refractivity contribution in [2.75, 3.05) is 0 Å². The standard InChI is InChI=1S/C24H20O3/c25-9-22-14-6-11(8-21(14,22)10-4-2-1-3-5-10)23-17-12-7-13-16(15(12)19(23)26)20(27)24(22,23)18(13)17/h1-5,9,11-18H,6-8H2/t11-,12-,13+,14+,15-,16+,17+,18-,21-,22-,23-,24+/m1/s1. The van der Waals surface area contributed by atoms with Crippen LogP contribution in [0.15, 0.2) is 30.3 Å². The molecule has 9 aliphatic carbocycles. The molecule has 2 spiro atoms. The maximum Gasteiger partial charge on any atom is 0.145 e. The Morgan fingerprint density at radius 3 is 2.44 bits per heavy atom. The van der Waals surface area contributed by atoms with Gasteiger partial charge >= 0.3 is 0 Å². The maximum atomic E-state index is 14.0. The summed E-state index contributed by atoms with van der Waals surface area (Å²) in [4.78, 5) is 40.8. The minimum atomic E-state index is -0.609. The Hall–Kier alpha value is -1.77. The van der Waals surface area contributed by atoms with Crippen LogP contribution < -0.4 is 0 Å². The Bertz CT molecular complexity index is 1060. The van der Waals surface area contributed by atoms with Gasteiger partial charge in [0.2, 0.25) is 0 Å². The average molecular weight is 356 g/mol. The van der Waals surface area contributed by atoms with Crippen LogP contribution in [0.2, 0.25) is 0 Å². The van der Waals surface area contributed by atoms with Crippen LogP contribution in [0.1, 0.15) is 24.8 Å². The first-order valence-corrected chi connectivity index (χ1v) is 10.8. The zero-order chi connectivity index (χ0) is 17.7. The number of hydrogen-bond acceptors (Lipinski definition) is 3. The van der Waals surface area contributed by atoms with E-state index in [1.54, 1.807) is 0 Å². The number of benzene rings is 1. The zero-order valence-electron chi connectivity index (χ0n) is 14.9. The molecule has 0 N–H and O–H groups in total. The van der Waals surface area contributed by atoms with Gasteiger partial charge in [-0.3, -0.25) is 9.59 Å². The van der Waals surface area contributed by atoms with Crippen molar-refractivity contribution in [1.29, 1.82) is 0 Å². The van der Waals surface area contributed by atoms with Crippen LogP contribution in [0, 0.1) is 63.6 Å². The summed E-state index contributed by atoms with van der Waals surface area (Å²) in [7, 11) is 0. The van der Waals surface area contributed by atoms with Gasteiger partial charge in [-0.15, -0.1) is 0 Å². The molecule has 27 heavy (non-hydrogen) atoms. The van der Waals surface area contributed by atoms with Crippen LogP contribution in [0.25, 0.3) is 0 Å². The van der Waals surface area contributed by atoms with E-state index >= 15 is 0 Å². The highest BCUT2D eigenvalue weighted by atomic mass is 16.2. The lowest BCUT2D eigenvalue weighted by molar-refractivity contribution is -0.254. The molecule has 0 radical (unpaired) electrons.